The van der Waals surface area contributed by atoms with E-state index in [1.54, 1.807) is 10.9 Å². The number of nitrogens with zero attached hydrogens (tertiary/aromatic N) is 3. The molecule has 5 nitrogen and oxygen atoms in total. The van der Waals surface area contributed by atoms with Gasteiger partial charge in [-0.15, -0.1) is 0 Å². The molecule has 30 heavy (non-hydrogen) atoms. The first-order valence-corrected chi connectivity index (χ1v) is 11.1. The van der Waals surface area contributed by atoms with Crippen molar-refractivity contribution in [2.24, 2.45) is 0 Å². The van der Waals surface area contributed by atoms with E-state index in [0.29, 0.717) is 23.1 Å². The summed E-state index contributed by atoms with van der Waals surface area (Å²) in [6.07, 6.45) is 3.26. The van der Waals surface area contributed by atoms with Crippen LogP contribution in [0.15, 0.2) is 48.5 Å². The molecule has 0 atom stereocenters. The second-order valence-corrected chi connectivity index (χ2v) is 7.95. The molecule has 3 rings (SSSR count). The fourth-order valence-corrected chi connectivity index (χ4v) is 3.37. The first kappa shape index (κ1) is 22.8. The number of unbranched alkanes of at least 4 members (excludes halogenated alkanes) is 1. The molecule has 0 aliphatic rings. The summed E-state index contributed by atoms with van der Waals surface area (Å²) in [6, 6.07) is 15.7. The van der Waals surface area contributed by atoms with Crippen molar-refractivity contribution in [3.05, 3.63) is 69.8 Å². The molecule has 1 N–H and O–H groups in total. The van der Waals surface area contributed by atoms with Crippen LogP contribution < -0.4 is 5.32 Å². The molecule has 1 aromatic heterocycles. The van der Waals surface area contributed by atoms with Gasteiger partial charge in [-0.05, 0) is 37.1 Å². The predicted octanol–water partition coefficient (Wildman–Crippen LogP) is 5.60. The number of halogens is 2. The van der Waals surface area contributed by atoms with E-state index in [0.717, 1.165) is 55.1 Å². The van der Waals surface area contributed by atoms with Gasteiger partial charge in [0.15, 0.2) is 0 Å². The predicted molar refractivity (Wildman–Crippen MR) is 123 cm³/mol. The summed E-state index contributed by atoms with van der Waals surface area (Å²) in [6.45, 7) is 5.85. The van der Waals surface area contributed by atoms with Gasteiger partial charge in [-0.3, -0.25) is 0 Å². The van der Waals surface area contributed by atoms with Crippen LogP contribution in [-0.4, -0.2) is 34.8 Å². The van der Waals surface area contributed by atoms with Gasteiger partial charge in [-0.2, -0.15) is 15.0 Å². The van der Waals surface area contributed by atoms with Gasteiger partial charge in [0.25, 0.3) is 0 Å². The van der Waals surface area contributed by atoms with Crippen LogP contribution in [0.25, 0.3) is 11.3 Å². The monoisotopic (exact) mass is 446 g/mol. The van der Waals surface area contributed by atoms with Gasteiger partial charge in [0.1, 0.15) is 11.4 Å². The summed E-state index contributed by atoms with van der Waals surface area (Å²) in [5, 5.41) is 14.0. The molecule has 0 unspecified atom stereocenters. The average molecular weight is 447 g/mol. The SMILES string of the molecule is CCCCOCCCNCc1nn(Cc2ccc(Cl)c(Cl)c2)nc1-c1ccccc1. The summed E-state index contributed by atoms with van der Waals surface area (Å²) in [7, 11) is 0. The molecule has 0 amide bonds. The van der Waals surface area contributed by atoms with Crippen LogP contribution >= 0.6 is 23.2 Å². The van der Waals surface area contributed by atoms with Crippen molar-refractivity contribution in [2.75, 3.05) is 19.8 Å². The maximum atomic E-state index is 6.15. The number of hydrogen-bond donors (Lipinski definition) is 1. The Kier molecular flexibility index (Phi) is 9.15. The highest BCUT2D eigenvalue weighted by Crippen LogP contribution is 2.24. The minimum atomic E-state index is 0.530. The molecule has 7 heteroatoms. The third kappa shape index (κ3) is 6.81. The first-order valence-electron chi connectivity index (χ1n) is 10.4. The Morgan fingerprint density at radius 1 is 0.967 bits per heavy atom. The molecule has 0 aliphatic heterocycles. The van der Waals surface area contributed by atoms with Gasteiger partial charge >= 0.3 is 0 Å². The summed E-state index contributed by atoms with van der Waals surface area (Å²) >= 11 is 12.2. The van der Waals surface area contributed by atoms with Crippen LogP contribution in [0, 0.1) is 0 Å². The highest BCUT2D eigenvalue weighted by Gasteiger charge is 2.13. The number of aromatic nitrogens is 3. The Morgan fingerprint density at radius 2 is 1.77 bits per heavy atom. The topological polar surface area (TPSA) is 52.0 Å². The van der Waals surface area contributed by atoms with Gasteiger partial charge in [0, 0.05) is 25.3 Å². The molecule has 0 saturated heterocycles. The largest absolute Gasteiger partial charge is 0.381 e. The van der Waals surface area contributed by atoms with Crippen molar-refractivity contribution in [2.45, 2.75) is 39.3 Å². The van der Waals surface area contributed by atoms with Crippen molar-refractivity contribution in [1.82, 2.24) is 20.3 Å². The second-order valence-electron chi connectivity index (χ2n) is 7.14. The minimum absolute atomic E-state index is 0.530. The Bertz CT molecular complexity index is 915. The molecule has 0 bridgehead atoms. The van der Waals surface area contributed by atoms with E-state index in [-0.39, 0.29) is 0 Å². The summed E-state index contributed by atoms with van der Waals surface area (Å²) in [4.78, 5) is 1.72. The maximum absolute atomic E-state index is 6.15. The van der Waals surface area contributed by atoms with Crippen molar-refractivity contribution in [3.8, 4) is 11.3 Å². The van der Waals surface area contributed by atoms with Gasteiger partial charge in [-0.1, -0.05) is 72.9 Å². The third-order valence-corrected chi connectivity index (χ3v) is 5.40. The van der Waals surface area contributed by atoms with Crippen molar-refractivity contribution in [3.63, 3.8) is 0 Å². The van der Waals surface area contributed by atoms with Gasteiger partial charge in [0.2, 0.25) is 0 Å². The van der Waals surface area contributed by atoms with E-state index in [2.05, 4.69) is 24.4 Å². The van der Waals surface area contributed by atoms with E-state index in [9.17, 15) is 0 Å². The Hall–Kier alpha value is -1.92. The fraction of sp³-hybridized carbons (Fsp3) is 0.391. The van der Waals surface area contributed by atoms with E-state index >= 15 is 0 Å². The Balaban J connectivity index is 1.64. The molecule has 2 aromatic carbocycles. The van der Waals surface area contributed by atoms with E-state index < -0.39 is 0 Å². The molecule has 1 heterocycles. The van der Waals surface area contributed by atoms with Gasteiger partial charge in [0.05, 0.1) is 16.6 Å². The standard InChI is InChI=1S/C23H28Cl2N4O/c1-2-3-13-30-14-7-12-26-16-22-23(19-8-5-4-6-9-19)28-29(27-22)17-18-10-11-20(24)21(25)15-18/h4-6,8-11,15,26H,2-3,7,12-14,16-17H2,1H3. The highest BCUT2D eigenvalue weighted by atomic mass is 35.5. The van der Waals surface area contributed by atoms with Crippen LogP contribution in [0.3, 0.4) is 0 Å². The van der Waals surface area contributed by atoms with Crippen LogP contribution in [0.2, 0.25) is 10.0 Å². The number of ether oxygens (including phenoxy) is 1. The van der Waals surface area contributed by atoms with Crippen molar-refractivity contribution >= 4 is 23.2 Å². The molecule has 0 spiro atoms. The zero-order valence-electron chi connectivity index (χ0n) is 17.3. The third-order valence-electron chi connectivity index (χ3n) is 4.66. The number of benzene rings is 2. The van der Waals surface area contributed by atoms with E-state index in [1.807, 2.05) is 30.3 Å². The van der Waals surface area contributed by atoms with E-state index in [4.69, 9.17) is 38.1 Å². The van der Waals surface area contributed by atoms with Crippen LogP contribution in [0.5, 0.6) is 0 Å². The van der Waals surface area contributed by atoms with Gasteiger partial charge in [-0.25, -0.2) is 0 Å². The highest BCUT2D eigenvalue weighted by molar-refractivity contribution is 6.42. The van der Waals surface area contributed by atoms with E-state index in [1.165, 1.54) is 6.42 Å². The lowest BCUT2D eigenvalue weighted by Gasteiger charge is -2.05. The molecular weight excluding hydrogens is 419 g/mol. The smallest absolute Gasteiger partial charge is 0.117 e. The lowest BCUT2D eigenvalue weighted by atomic mass is 10.1. The summed E-state index contributed by atoms with van der Waals surface area (Å²) in [5.41, 5.74) is 3.87. The van der Waals surface area contributed by atoms with Gasteiger partial charge < -0.3 is 10.1 Å². The minimum Gasteiger partial charge on any atom is -0.381 e. The number of nitrogens with one attached hydrogen (secondary N) is 1. The lowest BCUT2D eigenvalue weighted by molar-refractivity contribution is 0.128. The maximum Gasteiger partial charge on any atom is 0.117 e. The molecular formula is C23H28Cl2N4O. The molecule has 160 valence electrons. The first-order chi connectivity index (χ1) is 14.7. The van der Waals surface area contributed by atoms with Crippen LogP contribution in [-0.2, 0) is 17.8 Å². The zero-order valence-corrected chi connectivity index (χ0v) is 18.8. The van der Waals surface area contributed by atoms with Crippen molar-refractivity contribution < 1.29 is 4.74 Å². The lowest BCUT2D eigenvalue weighted by Crippen LogP contribution is -2.17. The zero-order chi connectivity index (χ0) is 21.2. The Morgan fingerprint density at radius 3 is 2.53 bits per heavy atom. The average Bonchev–Trinajstić information content (AvgIpc) is 3.16. The Labute approximate surface area is 188 Å². The summed E-state index contributed by atoms with van der Waals surface area (Å²) in [5.74, 6) is 0. The van der Waals surface area contributed by atoms with Crippen molar-refractivity contribution in [1.29, 1.82) is 0 Å². The number of rotatable bonds is 12. The number of hydrogen-bond acceptors (Lipinski definition) is 4. The molecule has 3 aromatic rings. The quantitative estimate of drug-likeness (QED) is 0.368. The molecule has 0 saturated carbocycles. The molecule has 0 aliphatic carbocycles. The fourth-order valence-electron chi connectivity index (χ4n) is 3.05. The molecule has 0 fully saturated rings. The second kappa shape index (κ2) is 12.1. The normalized spacial score (nSPS) is 11.2. The summed E-state index contributed by atoms with van der Waals surface area (Å²) < 4.78 is 5.62. The van der Waals surface area contributed by atoms with Crippen LogP contribution in [0.1, 0.15) is 37.4 Å². The molecule has 0 radical (unpaired) electrons. The van der Waals surface area contributed by atoms with Crippen LogP contribution in [0.4, 0.5) is 0 Å².